The van der Waals surface area contributed by atoms with Crippen LogP contribution in [0.1, 0.15) is 30.3 Å². The van der Waals surface area contributed by atoms with Crippen LogP contribution >= 0.6 is 0 Å². The third-order valence-electron chi connectivity index (χ3n) is 5.36. The van der Waals surface area contributed by atoms with Gasteiger partial charge in [-0.25, -0.2) is 13.2 Å². The molecule has 0 aliphatic carbocycles. The molecule has 2 aromatic rings. The van der Waals surface area contributed by atoms with E-state index in [1.54, 1.807) is 19.1 Å². The number of rotatable bonds is 6. The number of methoxy groups -OCH3 is 1. The maximum atomic E-state index is 13.4. The summed E-state index contributed by atoms with van der Waals surface area (Å²) in [5.41, 5.74) is 0.452. The van der Waals surface area contributed by atoms with Gasteiger partial charge in [0.2, 0.25) is 10.0 Å². The minimum absolute atomic E-state index is 0.00536. The van der Waals surface area contributed by atoms with E-state index < -0.39 is 21.8 Å². The van der Waals surface area contributed by atoms with Crippen LogP contribution in [0, 0.1) is 0 Å². The zero-order chi connectivity index (χ0) is 22.1. The van der Waals surface area contributed by atoms with Crippen LogP contribution in [0.5, 0.6) is 5.75 Å². The topological polar surface area (TPSA) is 117 Å². The number of ether oxygens (including phenoxy) is 4. The molecule has 0 atom stereocenters. The highest BCUT2D eigenvalue weighted by atomic mass is 32.2. The Bertz CT molecular complexity index is 1050. The van der Waals surface area contributed by atoms with Gasteiger partial charge in [0, 0.05) is 37.6 Å². The zero-order valence-corrected chi connectivity index (χ0v) is 18.1. The van der Waals surface area contributed by atoms with Gasteiger partial charge in [0.1, 0.15) is 10.6 Å². The highest BCUT2D eigenvalue weighted by molar-refractivity contribution is 7.89. The summed E-state index contributed by atoms with van der Waals surface area (Å²) in [6, 6.07) is 6.05. The van der Waals surface area contributed by atoms with Crippen molar-refractivity contribution in [2.24, 2.45) is 0 Å². The summed E-state index contributed by atoms with van der Waals surface area (Å²) in [4.78, 5) is 11.8. The molecule has 1 aromatic carbocycles. The number of carbonyl (C=O) groups is 1. The monoisotopic (exact) mass is 452 g/mol. The number of benzene rings is 1. The second kappa shape index (κ2) is 8.58. The molecule has 168 valence electrons. The minimum Gasteiger partial charge on any atom is -0.495 e. The molecule has 0 unspecified atom stereocenters. The van der Waals surface area contributed by atoms with Crippen LogP contribution in [0.25, 0.3) is 11.3 Å². The van der Waals surface area contributed by atoms with E-state index in [-0.39, 0.29) is 41.8 Å². The van der Waals surface area contributed by atoms with Gasteiger partial charge in [-0.15, -0.1) is 0 Å². The Morgan fingerprint density at radius 3 is 2.55 bits per heavy atom. The van der Waals surface area contributed by atoms with E-state index in [2.05, 4.69) is 5.16 Å². The number of sulfonamides is 1. The van der Waals surface area contributed by atoms with E-state index in [0.29, 0.717) is 31.6 Å². The van der Waals surface area contributed by atoms with Gasteiger partial charge in [0.05, 0.1) is 26.9 Å². The lowest BCUT2D eigenvalue weighted by Crippen LogP contribution is -2.47. The molecule has 2 aliphatic heterocycles. The molecule has 0 radical (unpaired) electrons. The quantitative estimate of drug-likeness (QED) is 0.607. The lowest BCUT2D eigenvalue weighted by atomic mass is 10.1. The highest BCUT2D eigenvalue weighted by Gasteiger charge is 2.43. The van der Waals surface area contributed by atoms with Gasteiger partial charge in [-0.1, -0.05) is 5.16 Å². The molecule has 11 heteroatoms. The van der Waals surface area contributed by atoms with E-state index in [0.717, 1.165) is 0 Å². The number of carbonyl (C=O) groups excluding carboxylic acids is 1. The van der Waals surface area contributed by atoms with Crippen LogP contribution in [-0.2, 0) is 24.2 Å². The van der Waals surface area contributed by atoms with Crippen LogP contribution in [0.4, 0.5) is 0 Å². The average Bonchev–Trinajstić information content (AvgIpc) is 3.44. The molecule has 2 aliphatic rings. The van der Waals surface area contributed by atoms with Gasteiger partial charge >= 0.3 is 5.97 Å². The molecule has 2 saturated heterocycles. The first kappa shape index (κ1) is 21.8. The fraction of sp³-hybridized carbons (Fsp3) is 0.500. The normalized spacial score (nSPS) is 18.9. The summed E-state index contributed by atoms with van der Waals surface area (Å²) in [5, 5.41) is 3.71. The van der Waals surface area contributed by atoms with E-state index >= 15 is 0 Å². The summed E-state index contributed by atoms with van der Waals surface area (Å²) < 4.78 is 55.0. The molecule has 0 amide bonds. The van der Waals surface area contributed by atoms with E-state index in [1.807, 2.05) is 0 Å². The summed E-state index contributed by atoms with van der Waals surface area (Å²) >= 11 is 0. The van der Waals surface area contributed by atoms with Gasteiger partial charge in [-0.2, -0.15) is 4.31 Å². The van der Waals surface area contributed by atoms with Gasteiger partial charge in [-0.05, 0) is 25.1 Å². The van der Waals surface area contributed by atoms with Gasteiger partial charge in [0.25, 0.3) is 0 Å². The maximum absolute atomic E-state index is 13.4. The number of hydrogen-bond acceptors (Lipinski definition) is 9. The van der Waals surface area contributed by atoms with Gasteiger partial charge in [-0.3, -0.25) is 0 Å². The Morgan fingerprint density at radius 1 is 1.19 bits per heavy atom. The molecular weight excluding hydrogens is 428 g/mol. The van der Waals surface area contributed by atoms with Crippen LogP contribution in [0.15, 0.2) is 33.7 Å². The van der Waals surface area contributed by atoms with E-state index in [4.69, 9.17) is 23.5 Å². The third-order valence-corrected chi connectivity index (χ3v) is 7.28. The average molecular weight is 452 g/mol. The predicted molar refractivity (Wildman–Crippen MR) is 107 cm³/mol. The first-order chi connectivity index (χ1) is 14.9. The van der Waals surface area contributed by atoms with Crippen molar-refractivity contribution in [1.82, 2.24) is 9.46 Å². The van der Waals surface area contributed by atoms with Crippen molar-refractivity contribution in [2.45, 2.75) is 30.4 Å². The third kappa shape index (κ3) is 4.18. The lowest BCUT2D eigenvalue weighted by Gasteiger charge is -2.36. The van der Waals surface area contributed by atoms with Gasteiger partial charge < -0.3 is 23.5 Å². The van der Waals surface area contributed by atoms with Crippen molar-refractivity contribution in [3.05, 3.63) is 30.0 Å². The van der Waals surface area contributed by atoms with E-state index in [9.17, 15) is 13.2 Å². The Balaban J connectivity index is 1.61. The second-order valence-electron chi connectivity index (χ2n) is 7.17. The minimum atomic E-state index is -3.86. The molecule has 4 rings (SSSR count). The SMILES string of the molecule is CCOC(=O)c1cc(-c2ccc(OC)c(S(=O)(=O)N3CCC4(CC3)OCCO4)c2)on1. The number of piperidine rings is 1. The largest absolute Gasteiger partial charge is 0.495 e. The standard InChI is InChI=1S/C20H24N2O8S/c1-3-27-19(23)15-13-17(30-21-15)14-4-5-16(26-2)18(12-14)31(24,25)22-8-6-20(7-9-22)28-10-11-29-20/h4-5,12-13H,3,6-11H2,1-2H3. The van der Waals surface area contributed by atoms with Crippen LogP contribution < -0.4 is 4.74 Å². The summed E-state index contributed by atoms with van der Waals surface area (Å²) in [6.45, 7) is 3.48. The fourth-order valence-electron chi connectivity index (χ4n) is 3.74. The summed E-state index contributed by atoms with van der Waals surface area (Å²) in [6.07, 6.45) is 0.915. The Kier molecular flexibility index (Phi) is 6.02. The predicted octanol–water partition coefficient (Wildman–Crippen LogP) is 2.05. The van der Waals surface area contributed by atoms with Crippen molar-refractivity contribution in [3.8, 4) is 17.1 Å². The Labute approximate surface area is 180 Å². The van der Waals surface area contributed by atoms with Crippen molar-refractivity contribution in [1.29, 1.82) is 0 Å². The summed E-state index contributed by atoms with van der Waals surface area (Å²) in [5.74, 6) is -0.839. The lowest BCUT2D eigenvalue weighted by molar-refractivity contribution is -0.179. The molecule has 0 N–H and O–H groups in total. The molecular formula is C20H24N2O8S. The molecule has 2 fully saturated rings. The molecule has 0 saturated carbocycles. The van der Waals surface area contributed by atoms with Crippen molar-refractivity contribution < 1.29 is 36.7 Å². The Morgan fingerprint density at radius 2 is 1.90 bits per heavy atom. The molecule has 1 aromatic heterocycles. The number of hydrogen-bond donors (Lipinski definition) is 0. The molecule has 31 heavy (non-hydrogen) atoms. The van der Waals surface area contributed by atoms with Crippen molar-refractivity contribution >= 4 is 16.0 Å². The van der Waals surface area contributed by atoms with Gasteiger partial charge in [0.15, 0.2) is 17.2 Å². The summed E-state index contributed by atoms with van der Waals surface area (Å²) in [7, 11) is -2.45. The van der Waals surface area contributed by atoms with Crippen LogP contribution in [-0.4, -0.2) is 69.7 Å². The van der Waals surface area contributed by atoms with Crippen LogP contribution in [0.3, 0.4) is 0 Å². The highest BCUT2D eigenvalue weighted by Crippen LogP contribution is 2.36. The number of esters is 1. The first-order valence-electron chi connectivity index (χ1n) is 9.99. The molecule has 1 spiro atoms. The number of nitrogens with zero attached hydrogens (tertiary/aromatic N) is 2. The Hall–Kier alpha value is -2.47. The molecule has 0 bridgehead atoms. The van der Waals surface area contributed by atoms with Crippen molar-refractivity contribution in [2.75, 3.05) is 40.0 Å². The fourth-order valence-corrected chi connectivity index (χ4v) is 5.36. The zero-order valence-electron chi connectivity index (χ0n) is 17.3. The maximum Gasteiger partial charge on any atom is 0.360 e. The molecule has 3 heterocycles. The smallest absolute Gasteiger partial charge is 0.360 e. The van der Waals surface area contributed by atoms with Crippen molar-refractivity contribution in [3.63, 3.8) is 0 Å². The van der Waals surface area contributed by atoms with E-state index in [1.165, 1.54) is 23.5 Å². The number of aromatic nitrogens is 1. The second-order valence-corrected chi connectivity index (χ2v) is 9.08. The van der Waals surface area contributed by atoms with Crippen LogP contribution in [0.2, 0.25) is 0 Å². The first-order valence-corrected chi connectivity index (χ1v) is 11.4. The molecule has 10 nitrogen and oxygen atoms in total.